The Bertz CT molecular complexity index is 395. The summed E-state index contributed by atoms with van der Waals surface area (Å²) in [5, 5.41) is 3.58. The smallest absolute Gasteiger partial charge is 0.410 e. The molecule has 2 rings (SSSR count). The van der Waals surface area contributed by atoms with E-state index in [2.05, 4.69) is 26.2 Å². The Morgan fingerprint density at radius 1 is 1.13 bits per heavy atom. The van der Waals surface area contributed by atoms with E-state index >= 15 is 0 Å². The number of carbonyl (C=O) groups is 1. The number of likely N-dealkylation sites (tertiary alicyclic amines) is 1. The van der Waals surface area contributed by atoms with Crippen molar-refractivity contribution < 1.29 is 9.53 Å². The third-order valence-electron chi connectivity index (χ3n) is 5.44. The van der Waals surface area contributed by atoms with Gasteiger partial charge in [0.2, 0.25) is 0 Å². The summed E-state index contributed by atoms with van der Waals surface area (Å²) in [4.78, 5) is 14.2. The highest BCUT2D eigenvalue weighted by Gasteiger charge is 2.38. The summed E-state index contributed by atoms with van der Waals surface area (Å²) >= 11 is 0. The van der Waals surface area contributed by atoms with Crippen LogP contribution in [0.25, 0.3) is 0 Å². The van der Waals surface area contributed by atoms with Crippen molar-refractivity contribution in [1.82, 2.24) is 10.2 Å². The summed E-state index contributed by atoms with van der Waals surface area (Å²) in [6.45, 7) is 12.2. The van der Waals surface area contributed by atoms with Gasteiger partial charge in [0, 0.05) is 19.1 Å². The molecule has 0 aromatic heterocycles. The zero-order chi connectivity index (χ0) is 17.2. The molecule has 0 bridgehead atoms. The van der Waals surface area contributed by atoms with Crippen LogP contribution in [0.1, 0.15) is 60.3 Å². The van der Waals surface area contributed by atoms with Crippen molar-refractivity contribution >= 4 is 6.09 Å². The third-order valence-corrected chi connectivity index (χ3v) is 5.44. The zero-order valence-electron chi connectivity index (χ0n) is 15.9. The standard InChI is InChI=1S/C19H36N2O2/c1-13-9-14(2)11-16(10-13)17(20-6)15-7-8-21(12-15)18(22)23-19(3,4)5/h13-17,20H,7-12H2,1-6H3. The van der Waals surface area contributed by atoms with Gasteiger partial charge in [0.25, 0.3) is 0 Å². The molecule has 4 unspecified atom stereocenters. The monoisotopic (exact) mass is 324 g/mol. The Morgan fingerprint density at radius 3 is 2.26 bits per heavy atom. The zero-order valence-corrected chi connectivity index (χ0v) is 15.9. The number of nitrogens with zero attached hydrogens (tertiary/aromatic N) is 1. The molecular formula is C19H36N2O2. The van der Waals surface area contributed by atoms with Gasteiger partial charge in [-0.2, -0.15) is 0 Å². The molecule has 2 fully saturated rings. The van der Waals surface area contributed by atoms with E-state index in [0.29, 0.717) is 12.0 Å². The van der Waals surface area contributed by atoms with Crippen molar-refractivity contribution in [2.24, 2.45) is 23.7 Å². The minimum absolute atomic E-state index is 0.153. The molecule has 134 valence electrons. The van der Waals surface area contributed by atoms with Crippen molar-refractivity contribution in [3.63, 3.8) is 0 Å². The van der Waals surface area contributed by atoms with Gasteiger partial charge in [-0.1, -0.05) is 13.8 Å². The minimum atomic E-state index is -0.411. The quantitative estimate of drug-likeness (QED) is 0.856. The Labute approximate surface area is 142 Å². The molecule has 2 aliphatic rings. The first-order valence-electron chi connectivity index (χ1n) is 9.34. The lowest BCUT2D eigenvalue weighted by Crippen LogP contribution is -2.44. The number of hydrogen-bond acceptors (Lipinski definition) is 3. The molecule has 0 spiro atoms. The number of amides is 1. The van der Waals surface area contributed by atoms with Gasteiger partial charge in [-0.15, -0.1) is 0 Å². The number of ether oxygens (including phenoxy) is 1. The van der Waals surface area contributed by atoms with Crippen LogP contribution in [0.2, 0.25) is 0 Å². The van der Waals surface area contributed by atoms with Gasteiger partial charge in [-0.25, -0.2) is 4.79 Å². The van der Waals surface area contributed by atoms with Crippen molar-refractivity contribution in [3.8, 4) is 0 Å². The third kappa shape index (κ3) is 5.10. The van der Waals surface area contributed by atoms with Crippen LogP contribution in [0.5, 0.6) is 0 Å². The highest BCUT2D eigenvalue weighted by molar-refractivity contribution is 5.68. The molecule has 1 heterocycles. The van der Waals surface area contributed by atoms with Crippen LogP contribution in [-0.2, 0) is 4.74 Å². The van der Waals surface area contributed by atoms with Crippen LogP contribution in [0, 0.1) is 23.7 Å². The Hall–Kier alpha value is -0.770. The first-order chi connectivity index (χ1) is 10.7. The van der Waals surface area contributed by atoms with Crippen LogP contribution in [0.4, 0.5) is 4.79 Å². The lowest BCUT2D eigenvalue weighted by molar-refractivity contribution is 0.0280. The topological polar surface area (TPSA) is 41.6 Å². The maximum atomic E-state index is 12.3. The van der Waals surface area contributed by atoms with Crippen LogP contribution < -0.4 is 5.32 Å². The maximum absolute atomic E-state index is 12.3. The van der Waals surface area contributed by atoms with E-state index in [9.17, 15) is 4.79 Å². The fourth-order valence-electron chi connectivity index (χ4n) is 4.73. The van der Waals surface area contributed by atoms with Gasteiger partial charge in [0.05, 0.1) is 0 Å². The molecule has 1 saturated carbocycles. The molecule has 23 heavy (non-hydrogen) atoms. The van der Waals surface area contributed by atoms with E-state index in [0.717, 1.165) is 37.3 Å². The number of hydrogen-bond donors (Lipinski definition) is 1. The second kappa shape index (κ2) is 7.42. The second-order valence-electron chi connectivity index (χ2n) is 8.97. The molecule has 1 amide bonds. The summed E-state index contributed by atoms with van der Waals surface area (Å²) in [7, 11) is 2.09. The molecule has 1 aliphatic heterocycles. The Morgan fingerprint density at radius 2 is 1.74 bits per heavy atom. The minimum Gasteiger partial charge on any atom is -0.444 e. The molecule has 1 N–H and O–H groups in total. The largest absolute Gasteiger partial charge is 0.444 e. The molecular weight excluding hydrogens is 288 g/mol. The van der Waals surface area contributed by atoms with Crippen LogP contribution in [-0.4, -0.2) is 42.8 Å². The Balaban J connectivity index is 1.94. The SMILES string of the molecule is CNC(C1CC(C)CC(C)C1)C1CCN(C(=O)OC(C)(C)C)C1. The van der Waals surface area contributed by atoms with Gasteiger partial charge in [0.1, 0.15) is 5.60 Å². The molecule has 0 aromatic rings. The van der Waals surface area contributed by atoms with Gasteiger partial charge in [-0.3, -0.25) is 0 Å². The summed E-state index contributed by atoms with van der Waals surface area (Å²) in [5.41, 5.74) is -0.411. The number of nitrogens with one attached hydrogen (secondary N) is 1. The lowest BCUT2D eigenvalue weighted by Gasteiger charge is -2.39. The fraction of sp³-hybridized carbons (Fsp3) is 0.947. The molecule has 1 aliphatic carbocycles. The summed E-state index contributed by atoms with van der Waals surface area (Å²) < 4.78 is 5.53. The van der Waals surface area contributed by atoms with E-state index in [1.54, 1.807) is 0 Å². The van der Waals surface area contributed by atoms with E-state index in [1.807, 2.05) is 25.7 Å². The first-order valence-corrected chi connectivity index (χ1v) is 9.34. The summed E-state index contributed by atoms with van der Waals surface area (Å²) in [6, 6.07) is 0.521. The number of carbonyl (C=O) groups excluding carboxylic acids is 1. The highest BCUT2D eigenvalue weighted by atomic mass is 16.6. The van der Waals surface area contributed by atoms with Crippen molar-refractivity contribution in [2.45, 2.75) is 71.9 Å². The van der Waals surface area contributed by atoms with E-state index in [-0.39, 0.29) is 6.09 Å². The van der Waals surface area contributed by atoms with Gasteiger partial charge < -0.3 is 15.0 Å². The van der Waals surface area contributed by atoms with E-state index < -0.39 is 5.60 Å². The van der Waals surface area contributed by atoms with Crippen molar-refractivity contribution in [3.05, 3.63) is 0 Å². The van der Waals surface area contributed by atoms with Gasteiger partial charge >= 0.3 is 6.09 Å². The predicted octanol–water partition coefficient (Wildman–Crippen LogP) is 3.90. The van der Waals surface area contributed by atoms with Crippen molar-refractivity contribution in [1.29, 1.82) is 0 Å². The van der Waals surface area contributed by atoms with Crippen LogP contribution in [0.3, 0.4) is 0 Å². The molecule has 0 aromatic carbocycles. The summed E-state index contributed by atoms with van der Waals surface area (Å²) in [5.74, 6) is 2.93. The average Bonchev–Trinajstić information content (AvgIpc) is 2.86. The molecule has 0 radical (unpaired) electrons. The van der Waals surface area contributed by atoms with Gasteiger partial charge in [0.15, 0.2) is 0 Å². The van der Waals surface area contributed by atoms with Crippen LogP contribution >= 0.6 is 0 Å². The summed E-state index contributed by atoms with van der Waals surface area (Å²) in [6.07, 6.45) is 4.93. The molecule has 4 heteroatoms. The van der Waals surface area contributed by atoms with Crippen molar-refractivity contribution in [2.75, 3.05) is 20.1 Å². The Kier molecular flexibility index (Phi) is 5.99. The predicted molar refractivity (Wildman–Crippen MR) is 94.4 cm³/mol. The molecule has 1 saturated heterocycles. The normalized spacial score (nSPS) is 33.6. The maximum Gasteiger partial charge on any atom is 0.410 e. The second-order valence-corrected chi connectivity index (χ2v) is 8.97. The average molecular weight is 325 g/mol. The highest BCUT2D eigenvalue weighted by Crippen LogP contribution is 2.38. The lowest BCUT2D eigenvalue weighted by atomic mass is 9.71. The molecule has 4 atom stereocenters. The van der Waals surface area contributed by atoms with E-state index in [4.69, 9.17) is 4.74 Å². The first kappa shape index (κ1) is 18.6. The molecule has 4 nitrogen and oxygen atoms in total. The van der Waals surface area contributed by atoms with Gasteiger partial charge in [-0.05, 0) is 77.2 Å². The fourth-order valence-corrected chi connectivity index (χ4v) is 4.73. The number of rotatable bonds is 3. The van der Waals surface area contributed by atoms with E-state index in [1.165, 1.54) is 19.3 Å². The van der Waals surface area contributed by atoms with Crippen LogP contribution in [0.15, 0.2) is 0 Å².